The second-order valence-corrected chi connectivity index (χ2v) is 4.35. The molecule has 0 unspecified atom stereocenters. The minimum Gasteiger partial charge on any atom is -0.465 e. The number of carbonyl (C=O) groups is 1. The SMILES string of the molecule is CCCC[C@H](O)[C@H](N)c1ccc(C(=O)OC)cc1.Cl. The lowest BCUT2D eigenvalue weighted by Crippen LogP contribution is -2.26. The van der Waals surface area contributed by atoms with Crippen LogP contribution in [0, 0.1) is 0 Å². The molecule has 0 aliphatic heterocycles. The van der Waals surface area contributed by atoms with Crippen LogP contribution in [0.2, 0.25) is 0 Å². The Kier molecular flexibility index (Phi) is 8.39. The smallest absolute Gasteiger partial charge is 0.337 e. The van der Waals surface area contributed by atoms with E-state index in [1.807, 2.05) is 0 Å². The Morgan fingerprint density at radius 1 is 1.37 bits per heavy atom. The summed E-state index contributed by atoms with van der Waals surface area (Å²) in [4.78, 5) is 11.3. The molecule has 0 amide bonds. The van der Waals surface area contributed by atoms with Crippen molar-refractivity contribution in [3.8, 4) is 0 Å². The summed E-state index contributed by atoms with van der Waals surface area (Å²) in [6, 6.07) is 6.42. The maximum absolute atomic E-state index is 11.3. The van der Waals surface area contributed by atoms with Crippen LogP contribution in [0.1, 0.15) is 48.1 Å². The van der Waals surface area contributed by atoms with Gasteiger partial charge in [-0.15, -0.1) is 12.4 Å². The molecule has 0 saturated heterocycles. The van der Waals surface area contributed by atoms with E-state index < -0.39 is 12.1 Å². The molecule has 0 aliphatic rings. The lowest BCUT2D eigenvalue weighted by molar-refractivity contribution is 0.0600. The first-order valence-electron chi connectivity index (χ1n) is 6.22. The van der Waals surface area contributed by atoms with Crippen molar-refractivity contribution in [3.63, 3.8) is 0 Å². The number of carbonyl (C=O) groups excluding carboxylic acids is 1. The van der Waals surface area contributed by atoms with E-state index in [0.29, 0.717) is 12.0 Å². The van der Waals surface area contributed by atoms with Crippen molar-refractivity contribution in [2.45, 2.75) is 38.3 Å². The van der Waals surface area contributed by atoms with Gasteiger partial charge in [-0.1, -0.05) is 31.9 Å². The molecular weight excluding hydrogens is 266 g/mol. The lowest BCUT2D eigenvalue weighted by atomic mass is 9.97. The molecule has 0 saturated carbocycles. The molecule has 1 aromatic carbocycles. The first-order chi connectivity index (χ1) is 8.60. The zero-order chi connectivity index (χ0) is 13.5. The highest BCUT2D eigenvalue weighted by atomic mass is 35.5. The minimum absolute atomic E-state index is 0. The van der Waals surface area contributed by atoms with Gasteiger partial charge in [0.15, 0.2) is 0 Å². The van der Waals surface area contributed by atoms with Gasteiger partial charge in [-0.3, -0.25) is 0 Å². The van der Waals surface area contributed by atoms with Crippen molar-refractivity contribution in [2.24, 2.45) is 5.73 Å². The van der Waals surface area contributed by atoms with Crippen molar-refractivity contribution in [3.05, 3.63) is 35.4 Å². The molecule has 0 bridgehead atoms. The van der Waals surface area contributed by atoms with Crippen molar-refractivity contribution in [2.75, 3.05) is 7.11 Å². The third-order valence-corrected chi connectivity index (χ3v) is 2.98. The maximum Gasteiger partial charge on any atom is 0.337 e. The van der Waals surface area contributed by atoms with Crippen molar-refractivity contribution < 1.29 is 14.6 Å². The van der Waals surface area contributed by atoms with E-state index in [-0.39, 0.29) is 18.4 Å². The number of esters is 1. The predicted octanol–water partition coefficient (Wildman–Crippen LogP) is 2.45. The van der Waals surface area contributed by atoms with Gasteiger partial charge in [-0.05, 0) is 24.1 Å². The summed E-state index contributed by atoms with van der Waals surface area (Å²) >= 11 is 0. The molecule has 0 spiro atoms. The number of hydrogen-bond donors (Lipinski definition) is 2. The van der Waals surface area contributed by atoms with Gasteiger partial charge in [-0.2, -0.15) is 0 Å². The summed E-state index contributed by atoms with van der Waals surface area (Å²) in [5.41, 5.74) is 7.28. The molecule has 1 aromatic rings. The normalized spacial score (nSPS) is 13.3. The van der Waals surface area contributed by atoms with Gasteiger partial charge in [-0.25, -0.2) is 4.79 Å². The second-order valence-electron chi connectivity index (χ2n) is 4.35. The number of methoxy groups -OCH3 is 1. The molecule has 0 heterocycles. The van der Waals surface area contributed by atoms with Crippen LogP contribution in [0.4, 0.5) is 0 Å². The highest BCUT2D eigenvalue weighted by Gasteiger charge is 2.16. The predicted molar refractivity (Wildman–Crippen MR) is 77.5 cm³/mol. The van der Waals surface area contributed by atoms with E-state index in [9.17, 15) is 9.90 Å². The highest BCUT2D eigenvalue weighted by molar-refractivity contribution is 5.89. The Balaban J connectivity index is 0.00000324. The lowest BCUT2D eigenvalue weighted by Gasteiger charge is -2.19. The van der Waals surface area contributed by atoms with Gasteiger partial charge in [0, 0.05) is 0 Å². The quantitative estimate of drug-likeness (QED) is 0.788. The fourth-order valence-electron chi connectivity index (χ4n) is 1.77. The van der Waals surface area contributed by atoms with Gasteiger partial charge in [0.2, 0.25) is 0 Å². The number of hydrogen-bond acceptors (Lipinski definition) is 4. The second kappa shape index (κ2) is 8.91. The molecule has 4 nitrogen and oxygen atoms in total. The molecule has 5 heteroatoms. The van der Waals surface area contributed by atoms with Crippen LogP contribution >= 0.6 is 12.4 Å². The molecular formula is C14H22ClNO3. The molecule has 0 aromatic heterocycles. The third-order valence-electron chi connectivity index (χ3n) is 2.98. The van der Waals surface area contributed by atoms with Crippen LogP contribution in [0.3, 0.4) is 0 Å². The molecule has 0 radical (unpaired) electrons. The number of benzene rings is 1. The van der Waals surface area contributed by atoms with Gasteiger partial charge in [0.05, 0.1) is 24.8 Å². The summed E-state index contributed by atoms with van der Waals surface area (Å²) in [5.74, 6) is -0.373. The zero-order valence-electron chi connectivity index (χ0n) is 11.3. The van der Waals surface area contributed by atoms with E-state index in [2.05, 4.69) is 11.7 Å². The van der Waals surface area contributed by atoms with E-state index in [0.717, 1.165) is 18.4 Å². The van der Waals surface area contributed by atoms with Crippen molar-refractivity contribution in [1.29, 1.82) is 0 Å². The van der Waals surface area contributed by atoms with E-state index in [1.54, 1.807) is 24.3 Å². The van der Waals surface area contributed by atoms with Crippen LogP contribution in [-0.4, -0.2) is 24.3 Å². The Bertz CT molecular complexity index is 381. The summed E-state index contributed by atoms with van der Waals surface area (Å²) in [7, 11) is 1.34. The fourth-order valence-corrected chi connectivity index (χ4v) is 1.77. The number of nitrogens with two attached hydrogens (primary N) is 1. The van der Waals surface area contributed by atoms with Crippen LogP contribution in [0.15, 0.2) is 24.3 Å². The number of aliphatic hydroxyl groups is 1. The summed E-state index contributed by atoms with van der Waals surface area (Å²) < 4.78 is 4.62. The van der Waals surface area contributed by atoms with Crippen LogP contribution in [-0.2, 0) is 4.74 Å². The van der Waals surface area contributed by atoms with Gasteiger partial charge >= 0.3 is 5.97 Å². The van der Waals surface area contributed by atoms with Gasteiger partial charge in [0.25, 0.3) is 0 Å². The van der Waals surface area contributed by atoms with E-state index in [1.165, 1.54) is 7.11 Å². The zero-order valence-corrected chi connectivity index (χ0v) is 12.2. The largest absolute Gasteiger partial charge is 0.465 e. The highest BCUT2D eigenvalue weighted by Crippen LogP contribution is 2.19. The van der Waals surface area contributed by atoms with Gasteiger partial charge < -0.3 is 15.6 Å². The molecule has 3 N–H and O–H groups in total. The Morgan fingerprint density at radius 3 is 2.42 bits per heavy atom. The van der Waals surface area contributed by atoms with Crippen LogP contribution in [0.5, 0.6) is 0 Å². The topological polar surface area (TPSA) is 72.5 Å². The Hall–Kier alpha value is -1.10. The molecule has 0 fully saturated rings. The number of ether oxygens (including phenoxy) is 1. The summed E-state index contributed by atoms with van der Waals surface area (Å²) in [6.45, 7) is 2.07. The molecule has 0 aliphatic carbocycles. The van der Waals surface area contributed by atoms with Gasteiger partial charge in [0.1, 0.15) is 0 Å². The van der Waals surface area contributed by atoms with E-state index in [4.69, 9.17) is 5.73 Å². The summed E-state index contributed by atoms with van der Waals surface area (Å²) in [5, 5.41) is 9.91. The van der Waals surface area contributed by atoms with E-state index >= 15 is 0 Å². The van der Waals surface area contributed by atoms with Crippen molar-refractivity contribution in [1.82, 2.24) is 0 Å². The monoisotopic (exact) mass is 287 g/mol. The van der Waals surface area contributed by atoms with Crippen molar-refractivity contribution >= 4 is 18.4 Å². The molecule has 1 rings (SSSR count). The fraction of sp³-hybridized carbons (Fsp3) is 0.500. The average molecular weight is 288 g/mol. The number of aliphatic hydroxyl groups excluding tert-OH is 1. The molecule has 2 atom stereocenters. The summed E-state index contributed by atoms with van der Waals surface area (Å²) in [6.07, 6.45) is 2.13. The average Bonchev–Trinajstić information content (AvgIpc) is 2.43. The maximum atomic E-state index is 11.3. The number of unbranched alkanes of at least 4 members (excludes halogenated alkanes) is 1. The standard InChI is InChI=1S/C14H21NO3.ClH/c1-3-4-5-12(16)13(15)10-6-8-11(9-7-10)14(17)18-2;/h6-9,12-13,16H,3-5,15H2,1-2H3;1H/t12-,13+;/m0./s1. The first kappa shape index (κ1) is 17.9. The molecule has 108 valence electrons. The third kappa shape index (κ3) is 5.19. The number of halogens is 1. The number of rotatable bonds is 6. The van der Waals surface area contributed by atoms with Crippen LogP contribution < -0.4 is 5.73 Å². The Labute approximate surface area is 120 Å². The molecule has 19 heavy (non-hydrogen) atoms. The first-order valence-corrected chi connectivity index (χ1v) is 6.22. The minimum atomic E-state index is -0.547. The van der Waals surface area contributed by atoms with Crippen LogP contribution in [0.25, 0.3) is 0 Å². The Morgan fingerprint density at radius 2 is 1.95 bits per heavy atom.